The molecule has 0 amide bonds. The fourth-order valence-corrected chi connectivity index (χ4v) is 2.79. The molecular weight excluding hydrogens is 482 g/mol. The zero-order valence-electron chi connectivity index (χ0n) is 21.6. The van der Waals surface area contributed by atoms with Crippen LogP contribution >= 0.6 is 11.6 Å². The number of halogens is 1. The van der Waals surface area contributed by atoms with E-state index in [2.05, 4.69) is 0 Å². The van der Waals surface area contributed by atoms with E-state index in [0.29, 0.717) is 119 Å². The Labute approximate surface area is 217 Å². The van der Waals surface area contributed by atoms with Gasteiger partial charge in [-0.1, -0.05) is 12.8 Å². The second-order valence-corrected chi connectivity index (χ2v) is 7.78. The van der Waals surface area contributed by atoms with E-state index in [1.54, 1.807) is 0 Å². The first-order valence-corrected chi connectivity index (χ1v) is 13.4. The monoisotopic (exact) mass is 531 g/mol. The van der Waals surface area contributed by atoms with Crippen molar-refractivity contribution in [1.29, 1.82) is 0 Å². The summed E-state index contributed by atoms with van der Waals surface area (Å²) in [6.45, 7) is 10.7. The molecule has 0 heterocycles. The van der Waals surface area contributed by atoms with Gasteiger partial charge in [0.15, 0.2) is 0 Å². The Morgan fingerprint density at radius 1 is 0.314 bits per heavy atom. The van der Waals surface area contributed by atoms with Crippen LogP contribution in [0.2, 0.25) is 0 Å². The van der Waals surface area contributed by atoms with Gasteiger partial charge in [0.25, 0.3) is 0 Å². The van der Waals surface area contributed by atoms with Crippen molar-refractivity contribution in [3.8, 4) is 0 Å². The van der Waals surface area contributed by atoms with Gasteiger partial charge in [-0.25, -0.2) is 0 Å². The maximum absolute atomic E-state index is 5.64. The molecule has 0 aromatic carbocycles. The van der Waals surface area contributed by atoms with Crippen molar-refractivity contribution >= 4 is 11.6 Å². The van der Waals surface area contributed by atoms with Crippen molar-refractivity contribution in [3.63, 3.8) is 0 Å². The summed E-state index contributed by atoms with van der Waals surface area (Å²) >= 11 is 5.64. The Morgan fingerprint density at radius 2 is 0.571 bits per heavy atom. The van der Waals surface area contributed by atoms with Gasteiger partial charge in [0, 0.05) is 19.0 Å². The van der Waals surface area contributed by atoms with Crippen LogP contribution in [-0.2, 0) is 42.6 Å². The third-order valence-corrected chi connectivity index (χ3v) is 4.68. The van der Waals surface area contributed by atoms with E-state index in [1.807, 2.05) is 0 Å². The highest BCUT2D eigenvalue weighted by Crippen LogP contribution is 2.01. The Kier molecular flexibility index (Phi) is 33.8. The maximum atomic E-state index is 5.64. The lowest BCUT2D eigenvalue weighted by Gasteiger charge is -2.09. The van der Waals surface area contributed by atoms with Crippen LogP contribution in [0.15, 0.2) is 0 Å². The molecule has 0 saturated carbocycles. The van der Waals surface area contributed by atoms with Crippen molar-refractivity contribution in [2.45, 2.75) is 25.7 Å². The number of hydrogen-bond donors (Lipinski definition) is 1. The van der Waals surface area contributed by atoms with Crippen LogP contribution in [0.5, 0.6) is 0 Å². The number of hydrogen-bond acceptors (Lipinski definition) is 10. The Morgan fingerprint density at radius 3 is 0.857 bits per heavy atom. The number of rotatable bonds is 32. The van der Waals surface area contributed by atoms with E-state index in [-0.39, 0.29) is 0 Å². The van der Waals surface area contributed by atoms with Gasteiger partial charge >= 0.3 is 0 Å². The molecule has 0 aromatic heterocycles. The van der Waals surface area contributed by atoms with E-state index in [0.717, 1.165) is 25.3 Å². The summed E-state index contributed by atoms with van der Waals surface area (Å²) in [5, 5.41) is 0. The summed E-state index contributed by atoms with van der Waals surface area (Å²) < 4.78 is 48.7. The van der Waals surface area contributed by atoms with Gasteiger partial charge in [-0.05, 0) is 12.8 Å². The largest absolute Gasteiger partial charge is 0.379 e. The van der Waals surface area contributed by atoms with Crippen LogP contribution in [0, 0.1) is 0 Å². The first-order valence-electron chi connectivity index (χ1n) is 12.9. The third kappa shape index (κ3) is 33.9. The molecule has 0 aliphatic rings. The fraction of sp³-hybridized carbons (Fsp3) is 1.00. The van der Waals surface area contributed by atoms with Gasteiger partial charge in [0.1, 0.15) is 0 Å². The molecule has 10 nitrogen and oxygen atoms in total. The van der Waals surface area contributed by atoms with Crippen LogP contribution < -0.4 is 5.73 Å². The number of nitrogens with two attached hydrogens (primary N) is 1. The minimum atomic E-state index is 0.529. The van der Waals surface area contributed by atoms with Gasteiger partial charge in [-0.15, -0.1) is 11.6 Å². The molecule has 0 rings (SSSR count). The van der Waals surface area contributed by atoms with Crippen molar-refractivity contribution < 1.29 is 42.6 Å². The van der Waals surface area contributed by atoms with Crippen LogP contribution in [0.25, 0.3) is 0 Å². The van der Waals surface area contributed by atoms with E-state index < -0.39 is 0 Å². The molecule has 35 heavy (non-hydrogen) atoms. The van der Waals surface area contributed by atoms with Crippen LogP contribution in [0.4, 0.5) is 0 Å². The molecule has 0 bridgehead atoms. The molecule has 0 fully saturated rings. The summed E-state index contributed by atoms with van der Waals surface area (Å²) in [5.74, 6) is 0.747. The summed E-state index contributed by atoms with van der Waals surface area (Å²) in [4.78, 5) is 0. The molecule has 0 saturated heterocycles. The van der Waals surface area contributed by atoms with Crippen molar-refractivity contribution in [3.05, 3.63) is 0 Å². The SMILES string of the molecule is NCCOCCOCCOCCOCCOCCOCCOCCOCCOCCCCCCCl. The van der Waals surface area contributed by atoms with Crippen molar-refractivity contribution in [2.75, 3.05) is 131 Å². The molecule has 2 N–H and O–H groups in total. The first kappa shape index (κ1) is 34.9. The van der Waals surface area contributed by atoms with Crippen LogP contribution in [0.3, 0.4) is 0 Å². The van der Waals surface area contributed by atoms with Gasteiger partial charge in [0.2, 0.25) is 0 Å². The molecule has 0 aromatic rings. The highest BCUT2D eigenvalue weighted by Gasteiger charge is 1.96. The molecular formula is C24H50ClNO9. The minimum Gasteiger partial charge on any atom is -0.379 e. The van der Waals surface area contributed by atoms with Gasteiger partial charge in [-0.2, -0.15) is 0 Å². The number of alkyl halides is 1. The normalized spacial score (nSPS) is 11.5. The van der Waals surface area contributed by atoms with Gasteiger partial charge in [0.05, 0.1) is 112 Å². The third-order valence-electron chi connectivity index (χ3n) is 4.41. The second kappa shape index (κ2) is 33.9. The summed E-state index contributed by atoms with van der Waals surface area (Å²) in [5.41, 5.74) is 5.32. The molecule has 11 heteroatoms. The van der Waals surface area contributed by atoms with Crippen molar-refractivity contribution in [1.82, 2.24) is 0 Å². The lowest BCUT2D eigenvalue weighted by Crippen LogP contribution is -2.15. The van der Waals surface area contributed by atoms with E-state index in [4.69, 9.17) is 60.0 Å². The predicted octanol–water partition coefficient (Wildman–Crippen LogP) is 1.89. The maximum Gasteiger partial charge on any atom is 0.0701 e. The van der Waals surface area contributed by atoms with Crippen molar-refractivity contribution in [2.24, 2.45) is 5.73 Å². The summed E-state index contributed by atoms with van der Waals surface area (Å²) in [6.07, 6.45) is 4.52. The van der Waals surface area contributed by atoms with E-state index in [1.165, 1.54) is 12.8 Å². The summed E-state index contributed by atoms with van der Waals surface area (Å²) in [6, 6.07) is 0. The molecule has 0 unspecified atom stereocenters. The topological polar surface area (TPSA) is 109 Å². The Bertz CT molecular complexity index is 342. The lowest BCUT2D eigenvalue weighted by molar-refractivity contribution is -0.0249. The number of ether oxygens (including phenoxy) is 9. The molecule has 0 aliphatic carbocycles. The fourth-order valence-electron chi connectivity index (χ4n) is 2.60. The van der Waals surface area contributed by atoms with E-state index in [9.17, 15) is 0 Å². The molecule has 0 aliphatic heterocycles. The quantitative estimate of drug-likeness (QED) is 0.102. The Hall–Kier alpha value is -0.110. The van der Waals surface area contributed by atoms with E-state index >= 15 is 0 Å². The zero-order valence-corrected chi connectivity index (χ0v) is 22.4. The van der Waals surface area contributed by atoms with Crippen LogP contribution in [-0.4, -0.2) is 131 Å². The molecule has 0 spiro atoms. The Balaban J connectivity index is 3.00. The predicted molar refractivity (Wildman–Crippen MR) is 136 cm³/mol. The summed E-state index contributed by atoms with van der Waals surface area (Å²) in [7, 11) is 0. The van der Waals surface area contributed by atoms with Gasteiger partial charge in [-0.3, -0.25) is 0 Å². The minimum absolute atomic E-state index is 0.529. The standard InChI is InChI=1S/C24H50ClNO9/c25-5-3-1-2-4-7-27-9-11-29-13-15-31-17-19-33-21-23-35-24-22-34-20-18-32-16-14-30-12-10-28-8-6-26/h1-24,26H2. The average Bonchev–Trinajstić information content (AvgIpc) is 2.87. The first-order chi connectivity index (χ1) is 17.4. The molecule has 212 valence electrons. The van der Waals surface area contributed by atoms with Gasteiger partial charge < -0.3 is 48.4 Å². The highest BCUT2D eigenvalue weighted by molar-refractivity contribution is 6.17. The lowest BCUT2D eigenvalue weighted by atomic mass is 10.2. The average molecular weight is 532 g/mol. The zero-order chi connectivity index (χ0) is 25.3. The highest BCUT2D eigenvalue weighted by atomic mass is 35.5. The smallest absolute Gasteiger partial charge is 0.0701 e. The second-order valence-electron chi connectivity index (χ2n) is 7.40. The van der Waals surface area contributed by atoms with Crippen LogP contribution in [0.1, 0.15) is 25.7 Å². The number of unbranched alkanes of at least 4 members (excludes halogenated alkanes) is 3. The molecule has 0 radical (unpaired) electrons. The molecule has 0 atom stereocenters.